The van der Waals surface area contributed by atoms with Crippen molar-refractivity contribution < 1.29 is 4.39 Å². The Kier molecular flexibility index (Phi) is 3.43. The lowest BCUT2D eigenvalue weighted by Crippen LogP contribution is -1.98. The fraction of sp³-hybridized carbons (Fsp3) is 0.200. The number of nitrogen functional groups attached to an aromatic ring is 1. The van der Waals surface area contributed by atoms with Crippen molar-refractivity contribution in [1.29, 1.82) is 0 Å². The van der Waals surface area contributed by atoms with E-state index in [1.165, 1.54) is 11.6 Å². The van der Waals surface area contributed by atoms with E-state index in [0.717, 1.165) is 29.7 Å². The average Bonchev–Trinajstić information content (AvgIpc) is 2.30. The summed E-state index contributed by atoms with van der Waals surface area (Å²) in [6.45, 7) is 1.94. The van der Waals surface area contributed by atoms with Crippen LogP contribution in [0.3, 0.4) is 0 Å². The van der Waals surface area contributed by atoms with E-state index in [0.29, 0.717) is 0 Å². The van der Waals surface area contributed by atoms with Crippen LogP contribution in [0.1, 0.15) is 16.7 Å². The monoisotopic (exact) mass is 229 g/mol. The third kappa shape index (κ3) is 2.84. The number of rotatable bonds is 3. The Labute approximate surface area is 101 Å². The molecule has 0 aliphatic carbocycles. The summed E-state index contributed by atoms with van der Waals surface area (Å²) in [5, 5.41) is 0. The minimum Gasteiger partial charge on any atom is -0.399 e. The van der Waals surface area contributed by atoms with Crippen molar-refractivity contribution >= 4 is 5.69 Å². The van der Waals surface area contributed by atoms with E-state index >= 15 is 0 Å². The number of aryl methyl sites for hydroxylation is 3. The van der Waals surface area contributed by atoms with Gasteiger partial charge in [0, 0.05) is 5.69 Å². The van der Waals surface area contributed by atoms with E-state index in [2.05, 4.69) is 0 Å². The summed E-state index contributed by atoms with van der Waals surface area (Å²) in [4.78, 5) is 0. The molecule has 88 valence electrons. The molecule has 0 spiro atoms. The minimum absolute atomic E-state index is 0.175. The molecule has 1 nitrogen and oxygen atoms in total. The van der Waals surface area contributed by atoms with Crippen LogP contribution in [0.25, 0.3) is 0 Å². The number of para-hydroxylation sites is 1. The standard InChI is InChI=1S/C15H16FN/c1-11-10-14(16)9-8-12(11)6-7-13-4-2-3-5-15(13)17/h2-5,8-10H,6-7,17H2,1H3. The van der Waals surface area contributed by atoms with Crippen molar-refractivity contribution in [2.24, 2.45) is 0 Å². The first kappa shape index (κ1) is 11.6. The van der Waals surface area contributed by atoms with Crippen LogP contribution in [0, 0.1) is 12.7 Å². The Morgan fingerprint density at radius 1 is 1.00 bits per heavy atom. The van der Waals surface area contributed by atoms with Crippen LogP contribution in [0.15, 0.2) is 42.5 Å². The molecule has 0 aliphatic heterocycles. The lowest BCUT2D eigenvalue weighted by Gasteiger charge is -2.07. The van der Waals surface area contributed by atoms with Gasteiger partial charge in [0.2, 0.25) is 0 Å². The van der Waals surface area contributed by atoms with Gasteiger partial charge >= 0.3 is 0 Å². The normalized spacial score (nSPS) is 10.5. The molecular weight excluding hydrogens is 213 g/mol. The molecule has 2 aromatic rings. The zero-order valence-corrected chi connectivity index (χ0v) is 9.91. The summed E-state index contributed by atoms with van der Waals surface area (Å²) in [6, 6.07) is 12.8. The first-order chi connectivity index (χ1) is 8.16. The maximum absolute atomic E-state index is 13.0. The zero-order chi connectivity index (χ0) is 12.3. The Balaban J connectivity index is 2.10. The molecule has 17 heavy (non-hydrogen) atoms. The molecule has 0 fully saturated rings. The van der Waals surface area contributed by atoms with Crippen molar-refractivity contribution in [3.8, 4) is 0 Å². The van der Waals surface area contributed by atoms with Gasteiger partial charge in [-0.2, -0.15) is 0 Å². The quantitative estimate of drug-likeness (QED) is 0.801. The van der Waals surface area contributed by atoms with Gasteiger partial charge in [-0.3, -0.25) is 0 Å². The highest BCUT2D eigenvalue weighted by atomic mass is 19.1. The van der Waals surface area contributed by atoms with Gasteiger partial charge < -0.3 is 5.73 Å². The lowest BCUT2D eigenvalue weighted by atomic mass is 10.00. The Morgan fingerprint density at radius 2 is 1.71 bits per heavy atom. The second-order valence-corrected chi connectivity index (χ2v) is 4.27. The summed E-state index contributed by atoms with van der Waals surface area (Å²) in [5.41, 5.74) is 10.0. The maximum atomic E-state index is 13.0. The highest BCUT2D eigenvalue weighted by molar-refractivity contribution is 5.46. The van der Waals surface area contributed by atoms with Crippen molar-refractivity contribution in [2.45, 2.75) is 19.8 Å². The van der Waals surface area contributed by atoms with Gasteiger partial charge in [0.05, 0.1) is 0 Å². The second kappa shape index (κ2) is 5.00. The first-order valence-electron chi connectivity index (χ1n) is 5.75. The highest BCUT2D eigenvalue weighted by Gasteiger charge is 2.02. The smallest absolute Gasteiger partial charge is 0.123 e. The van der Waals surface area contributed by atoms with Crippen molar-refractivity contribution in [1.82, 2.24) is 0 Å². The number of nitrogens with two attached hydrogens (primary N) is 1. The average molecular weight is 229 g/mol. The van der Waals surface area contributed by atoms with Crippen LogP contribution in [-0.4, -0.2) is 0 Å². The minimum atomic E-state index is -0.175. The van der Waals surface area contributed by atoms with E-state index < -0.39 is 0 Å². The molecule has 2 rings (SSSR count). The molecule has 0 amide bonds. The van der Waals surface area contributed by atoms with Crippen LogP contribution in [0.4, 0.5) is 10.1 Å². The van der Waals surface area contributed by atoms with E-state index in [4.69, 9.17) is 5.73 Å². The van der Waals surface area contributed by atoms with Crippen LogP contribution >= 0.6 is 0 Å². The van der Waals surface area contributed by atoms with E-state index in [1.54, 1.807) is 6.07 Å². The number of anilines is 1. The van der Waals surface area contributed by atoms with Crippen molar-refractivity contribution in [2.75, 3.05) is 5.73 Å². The molecule has 0 bridgehead atoms. The molecule has 0 saturated carbocycles. The number of hydrogen-bond donors (Lipinski definition) is 1. The third-order valence-electron chi connectivity index (χ3n) is 3.02. The molecule has 0 aromatic heterocycles. The van der Waals surface area contributed by atoms with E-state index in [9.17, 15) is 4.39 Å². The van der Waals surface area contributed by atoms with Crippen LogP contribution in [0.2, 0.25) is 0 Å². The zero-order valence-electron chi connectivity index (χ0n) is 9.91. The van der Waals surface area contributed by atoms with Crippen LogP contribution in [-0.2, 0) is 12.8 Å². The molecule has 0 radical (unpaired) electrons. The maximum Gasteiger partial charge on any atom is 0.123 e. The van der Waals surface area contributed by atoms with Crippen molar-refractivity contribution in [3.05, 3.63) is 65.0 Å². The van der Waals surface area contributed by atoms with Gasteiger partial charge in [0.25, 0.3) is 0 Å². The second-order valence-electron chi connectivity index (χ2n) is 4.27. The van der Waals surface area contributed by atoms with Crippen molar-refractivity contribution in [3.63, 3.8) is 0 Å². The Bertz CT molecular complexity index is 520. The van der Waals surface area contributed by atoms with Gasteiger partial charge in [0.15, 0.2) is 0 Å². The molecule has 2 heteroatoms. The summed E-state index contributed by atoms with van der Waals surface area (Å²) in [7, 11) is 0. The van der Waals surface area contributed by atoms with E-state index in [-0.39, 0.29) is 5.82 Å². The fourth-order valence-electron chi connectivity index (χ4n) is 1.97. The largest absolute Gasteiger partial charge is 0.399 e. The van der Waals surface area contributed by atoms with Crippen LogP contribution < -0.4 is 5.73 Å². The first-order valence-corrected chi connectivity index (χ1v) is 5.75. The van der Waals surface area contributed by atoms with Gasteiger partial charge in [-0.15, -0.1) is 0 Å². The molecule has 0 saturated heterocycles. The lowest BCUT2D eigenvalue weighted by molar-refractivity contribution is 0.625. The summed E-state index contributed by atoms with van der Waals surface area (Å²) >= 11 is 0. The number of benzene rings is 2. The van der Waals surface area contributed by atoms with Crippen LogP contribution in [0.5, 0.6) is 0 Å². The fourth-order valence-corrected chi connectivity index (χ4v) is 1.97. The Morgan fingerprint density at radius 3 is 2.41 bits per heavy atom. The van der Waals surface area contributed by atoms with E-state index in [1.807, 2.05) is 37.3 Å². The molecule has 2 aromatic carbocycles. The molecule has 0 atom stereocenters. The van der Waals surface area contributed by atoms with Gasteiger partial charge in [-0.25, -0.2) is 4.39 Å². The summed E-state index contributed by atoms with van der Waals surface area (Å²) in [5.74, 6) is -0.175. The molecule has 2 N–H and O–H groups in total. The summed E-state index contributed by atoms with van der Waals surface area (Å²) < 4.78 is 13.0. The molecule has 0 heterocycles. The predicted molar refractivity (Wildman–Crippen MR) is 69.4 cm³/mol. The number of halogens is 1. The summed E-state index contributed by atoms with van der Waals surface area (Å²) in [6.07, 6.45) is 1.78. The van der Waals surface area contributed by atoms with Gasteiger partial charge in [-0.05, 0) is 54.7 Å². The topological polar surface area (TPSA) is 26.0 Å². The molecule has 0 unspecified atom stereocenters. The highest BCUT2D eigenvalue weighted by Crippen LogP contribution is 2.16. The van der Waals surface area contributed by atoms with Gasteiger partial charge in [0.1, 0.15) is 5.82 Å². The molecular formula is C15H16FN. The SMILES string of the molecule is Cc1cc(F)ccc1CCc1ccccc1N. The Hall–Kier alpha value is -1.83. The number of hydrogen-bond acceptors (Lipinski definition) is 1. The third-order valence-corrected chi connectivity index (χ3v) is 3.02. The molecule has 0 aliphatic rings. The predicted octanol–water partition coefficient (Wildman–Crippen LogP) is 3.50. The van der Waals surface area contributed by atoms with Gasteiger partial charge in [-0.1, -0.05) is 24.3 Å².